The highest BCUT2D eigenvalue weighted by Gasteiger charge is 2.28. The summed E-state index contributed by atoms with van der Waals surface area (Å²) in [4.78, 5) is 0.448. The number of ether oxygens (including phenoxy) is 1. The highest BCUT2D eigenvalue weighted by Crippen LogP contribution is 2.46. The van der Waals surface area contributed by atoms with Gasteiger partial charge in [0.1, 0.15) is 5.75 Å². The Morgan fingerprint density at radius 3 is 2.94 bits per heavy atom. The molecule has 1 fully saturated rings. The molecule has 0 radical (unpaired) electrons. The molecular formula is C13H14Br2O. The molecule has 1 aliphatic carbocycles. The van der Waals surface area contributed by atoms with E-state index in [1.165, 1.54) is 34.9 Å². The van der Waals surface area contributed by atoms with Crippen LogP contribution in [-0.4, -0.2) is 6.61 Å². The molecule has 0 N–H and O–H groups in total. The summed E-state index contributed by atoms with van der Waals surface area (Å²) >= 11 is 7.40. The van der Waals surface area contributed by atoms with Crippen molar-refractivity contribution in [3.8, 4) is 5.75 Å². The van der Waals surface area contributed by atoms with Crippen LogP contribution in [0.15, 0.2) is 16.6 Å². The largest absolute Gasteiger partial charge is 0.493 e. The van der Waals surface area contributed by atoms with Crippen LogP contribution in [0.3, 0.4) is 0 Å². The zero-order chi connectivity index (χ0) is 11.1. The molecule has 0 spiro atoms. The average molecular weight is 346 g/mol. The van der Waals surface area contributed by atoms with Gasteiger partial charge in [0.15, 0.2) is 0 Å². The summed E-state index contributed by atoms with van der Waals surface area (Å²) < 4.78 is 6.93. The summed E-state index contributed by atoms with van der Waals surface area (Å²) in [5.74, 6) is 2.06. The van der Waals surface area contributed by atoms with E-state index in [2.05, 4.69) is 44.0 Å². The summed E-state index contributed by atoms with van der Waals surface area (Å²) in [6.45, 7) is 0.835. The lowest BCUT2D eigenvalue weighted by atomic mass is 10.0. The van der Waals surface area contributed by atoms with Crippen molar-refractivity contribution in [1.29, 1.82) is 0 Å². The standard InChI is InChI=1S/C13H14Br2O/c14-10-6-9-3-4-16-13(9)11(7-10)12(15)5-8-1-2-8/h6-8,12H,1-5H2. The smallest absolute Gasteiger partial charge is 0.127 e. The molecule has 2 aliphatic rings. The second kappa shape index (κ2) is 4.34. The lowest BCUT2D eigenvalue weighted by Gasteiger charge is -2.14. The Hall–Kier alpha value is -0.0200. The number of halogens is 2. The maximum atomic E-state index is 5.76. The Morgan fingerprint density at radius 1 is 1.38 bits per heavy atom. The molecule has 16 heavy (non-hydrogen) atoms. The quantitative estimate of drug-likeness (QED) is 0.726. The molecule has 1 unspecified atom stereocenters. The van der Waals surface area contributed by atoms with E-state index >= 15 is 0 Å². The van der Waals surface area contributed by atoms with Crippen LogP contribution >= 0.6 is 31.9 Å². The third kappa shape index (κ3) is 2.17. The molecule has 86 valence electrons. The van der Waals surface area contributed by atoms with Crippen LogP contribution in [0.5, 0.6) is 5.75 Å². The van der Waals surface area contributed by atoms with Crippen molar-refractivity contribution < 1.29 is 4.74 Å². The van der Waals surface area contributed by atoms with E-state index in [0.29, 0.717) is 4.83 Å². The monoisotopic (exact) mass is 344 g/mol. The van der Waals surface area contributed by atoms with Gasteiger partial charge in [0.25, 0.3) is 0 Å². The number of benzene rings is 1. The molecule has 1 saturated carbocycles. The zero-order valence-electron chi connectivity index (χ0n) is 9.01. The molecule has 0 aromatic heterocycles. The van der Waals surface area contributed by atoms with Crippen molar-refractivity contribution in [1.82, 2.24) is 0 Å². The van der Waals surface area contributed by atoms with Gasteiger partial charge in [-0.15, -0.1) is 0 Å². The molecule has 1 aromatic carbocycles. The van der Waals surface area contributed by atoms with Crippen LogP contribution in [0.1, 0.15) is 35.2 Å². The fraction of sp³-hybridized carbons (Fsp3) is 0.538. The molecule has 3 heteroatoms. The molecule has 1 aromatic rings. The zero-order valence-corrected chi connectivity index (χ0v) is 12.2. The van der Waals surface area contributed by atoms with Crippen molar-refractivity contribution in [2.75, 3.05) is 6.61 Å². The van der Waals surface area contributed by atoms with Crippen LogP contribution in [-0.2, 0) is 6.42 Å². The van der Waals surface area contributed by atoms with Gasteiger partial charge in [-0.3, -0.25) is 0 Å². The van der Waals surface area contributed by atoms with Crippen LogP contribution in [0.25, 0.3) is 0 Å². The molecule has 1 heterocycles. The molecular weight excluding hydrogens is 332 g/mol. The van der Waals surface area contributed by atoms with Crippen molar-refractivity contribution in [2.24, 2.45) is 5.92 Å². The SMILES string of the molecule is Brc1cc2c(c(C(Br)CC3CC3)c1)OCC2. The topological polar surface area (TPSA) is 9.23 Å². The van der Waals surface area contributed by atoms with Crippen LogP contribution in [0, 0.1) is 5.92 Å². The van der Waals surface area contributed by atoms with E-state index in [1.807, 2.05) is 0 Å². The van der Waals surface area contributed by atoms with E-state index in [-0.39, 0.29) is 0 Å². The number of hydrogen-bond donors (Lipinski definition) is 0. The third-order valence-corrected chi connectivity index (χ3v) is 4.68. The number of fused-ring (bicyclic) bond motifs is 1. The van der Waals surface area contributed by atoms with E-state index in [9.17, 15) is 0 Å². The number of alkyl halides is 1. The fourth-order valence-corrected chi connectivity index (χ4v) is 3.70. The van der Waals surface area contributed by atoms with Gasteiger partial charge < -0.3 is 4.74 Å². The first-order valence-corrected chi connectivity index (χ1v) is 7.54. The van der Waals surface area contributed by atoms with Gasteiger partial charge in [-0.1, -0.05) is 44.7 Å². The minimum absolute atomic E-state index is 0.448. The van der Waals surface area contributed by atoms with E-state index < -0.39 is 0 Å². The first-order chi connectivity index (χ1) is 7.74. The average Bonchev–Trinajstić information content (AvgIpc) is 2.93. The van der Waals surface area contributed by atoms with Crippen molar-refractivity contribution >= 4 is 31.9 Å². The number of hydrogen-bond acceptors (Lipinski definition) is 1. The minimum atomic E-state index is 0.448. The van der Waals surface area contributed by atoms with Gasteiger partial charge in [0.2, 0.25) is 0 Å². The lowest BCUT2D eigenvalue weighted by molar-refractivity contribution is 0.353. The van der Waals surface area contributed by atoms with Gasteiger partial charge in [-0.05, 0) is 30.0 Å². The van der Waals surface area contributed by atoms with E-state index in [1.54, 1.807) is 0 Å². The Labute approximate surface area is 113 Å². The Bertz CT molecular complexity index is 413. The first kappa shape index (κ1) is 11.1. The van der Waals surface area contributed by atoms with E-state index in [4.69, 9.17) is 4.74 Å². The number of rotatable bonds is 3. The molecule has 0 saturated heterocycles. The highest BCUT2D eigenvalue weighted by atomic mass is 79.9. The first-order valence-electron chi connectivity index (χ1n) is 5.83. The second-order valence-corrected chi connectivity index (χ2v) is 6.75. The predicted molar refractivity (Wildman–Crippen MR) is 72.4 cm³/mol. The normalized spacial score (nSPS) is 20.4. The van der Waals surface area contributed by atoms with Gasteiger partial charge in [-0.25, -0.2) is 0 Å². The van der Waals surface area contributed by atoms with Crippen LogP contribution in [0.4, 0.5) is 0 Å². The molecule has 3 rings (SSSR count). The maximum Gasteiger partial charge on any atom is 0.127 e. The molecule has 1 aliphatic heterocycles. The molecule has 1 atom stereocenters. The third-order valence-electron chi connectivity index (χ3n) is 3.35. The minimum Gasteiger partial charge on any atom is -0.493 e. The Kier molecular flexibility index (Phi) is 3.01. The van der Waals surface area contributed by atoms with Gasteiger partial charge >= 0.3 is 0 Å². The fourth-order valence-electron chi connectivity index (χ4n) is 2.30. The lowest BCUT2D eigenvalue weighted by Crippen LogP contribution is -1.96. The second-order valence-electron chi connectivity index (χ2n) is 4.73. The van der Waals surface area contributed by atoms with Gasteiger partial charge in [0.05, 0.1) is 6.61 Å². The van der Waals surface area contributed by atoms with Crippen molar-refractivity contribution in [2.45, 2.75) is 30.5 Å². The van der Waals surface area contributed by atoms with Gasteiger partial charge in [0, 0.05) is 21.3 Å². The Morgan fingerprint density at radius 2 is 2.19 bits per heavy atom. The molecule has 0 bridgehead atoms. The van der Waals surface area contributed by atoms with Gasteiger partial charge in [-0.2, -0.15) is 0 Å². The summed E-state index contributed by atoms with van der Waals surface area (Å²) in [7, 11) is 0. The summed E-state index contributed by atoms with van der Waals surface area (Å²) in [6.07, 6.45) is 5.09. The van der Waals surface area contributed by atoms with Crippen LogP contribution < -0.4 is 4.74 Å². The Balaban J connectivity index is 1.92. The summed E-state index contributed by atoms with van der Waals surface area (Å²) in [5, 5.41) is 0. The van der Waals surface area contributed by atoms with Crippen LogP contribution in [0.2, 0.25) is 0 Å². The van der Waals surface area contributed by atoms with Crippen molar-refractivity contribution in [3.63, 3.8) is 0 Å². The maximum absolute atomic E-state index is 5.76. The summed E-state index contributed by atoms with van der Waals surface area (Å²) in [6, 6.07) is 4.38. The predicted octanol–water partition coefficient (Wildman–Crippen LogP) is 4.62. The van der Waals surface area contributed by atoms with E-state index in [0.717, 1.165) is 24.7 Å². The highest BCUT2D eigenvalue weighted by molar-refractivity contribution is 9.10. The van der Waals surface area contributed by atoms with Crippen molar-refractivity contribution in [3.05, 3.63) is 27.7 Å². The molecule has 1 nitrogen and oxygen atoms in total. The molecule has 0 amide bonds. The summed E-state index contributed by atoms with van der Waals surface area (Å²) in [5.41, 5.74) is 2.68.